The maximum atomic E-state index is 12.4. The van der Waals surface area contributed by atoms with Crippen LogP contribution in [0.2, 0.25) is 0 Å². The van der Waals surface area contributed by atoms with Crippen LogP contribution in [0.3, 0.4) is 0 Å². The van der Waals surface area contributed by atoms with Crippen molar-refractivity contribution in [3.05, 3.63) is 50.9 Å². The van der Waals surface area contributed by atoms with Gasteiger partial charge in [0, 0.05) is 5.56 Å². The van der Waals surface area contributed by atoms with E-state index < -0.39 is 5.97 Å². The van der Waals surface area contributed by atoms with Crippen LogP contribution in [0.1, 0.15) is 42.3 Å². The van der Waals surface area contributed by atoms with Crippen molar-refractivity contribution >= 4 is 28.2 Å². The summed E-state index contributed by atoms with van der Waals surface area (Å²) in [4.78, 5) is 24.4. The van der Waals surface area contributed by atoms with Gasteiger partial charge in [-0.25, -0.2) is 4.79 Å². The molecule has 2 aromatic rings. The minimum absolute atomic E-state index is 0.285. The van der Waals surface area contributed by atoms with Crippen LogP contribution in [0.4, 0.5) is 5.00 Å². The summed E-state index contributed by atoms with van der Waals surface area (Å²) >= 11 is 1.04. The molecule has 0 fully saturated rings. The van der Waals surface area contributed by atoms with Crippen LogP contribution in [0.5, 0.6) is 0 Å². The van der Waals surface area contributed by atoms with E-state index in [-0.39, 0.29) is 11.5 Å². The molecular weight excluding hydrogens is 312 g/mol. The SMILES string of the molecule is COC(=O)c1sc(NC(=O)c2ccc(C)c(C)c2)c(C#N)c1C. The van der Waals surface area contributed by atoms with Gasteiger partial charge in [-0.2, -0.15) is 5.26 Å². The van der Waals surface area contributed by atoms with Crippen molar-refractivity contribution in [3.63, 3.8) is 0 Å². The summed E-state index contributed by atoms with van der Waals surface area (Å²) in [6, 6.07) is 7.42. The number of anilines is 1. The second-order valence-electron chi connectivity index (χ2n) is 5.12. The summed E-state index contributed by atoms with van der Waals surface area (Å²) in [6.45, 7) is 5.56. The standard InChI is InChI=1S/C17H16N2O3S/c1-9-5-6-12(7-10(9)2)15(20)19-16-13(8-18)11(3)14(23-16)17(21)22-4/h5-7H,1-4H3,(H,19,20). The van der Waals surface area contributed by atoms with Crippen LogP contribution >= 0.6 is 11.3 Å². The molecule has 23 heavy (non-hydrogen) atoms. The monoisotopic (exact) mass is 328 g/mol. The number of thiophene rings is 1. The number of rotatable bonds is 3. The molecule has 1 amide bonds. The zero-order valence-electron chi connectivity index (χ0n) is 13.3. The van der Waals surface area contributed by atoms with Crippen LogP contribution in [-0.2, 0) is 4.74 Å². The van der Waals surface area contributed by atoms with Gasteiger partial charge in [0.2, 0.25) is 0 Å². The zero-order valence-corrected chi connectivity index (χ0v) is 14.1. The first-order valence-corrected chi connectivity index (χ1v) is 7.71. The maximum absolute atomic E-state index is 12.4. The Morgan fingerprint density at radius 1 is 1.22 bits per heavy atom. The molecule has 0 radical (unpaired) electrons. The van der Waals surface area contributed by atoms with Crippen LogP contribution < -0.4 is 5.32 Å². The van der Waals surface area contributed by atoms with Gasteiger partial charge >= 0.3 is 5.97 Å². The number of benzene rings is 1. The Morgan fingerprint density at radius 2 is 1.91 bits per heavy atom. The number of carbonyl (C=O) groups excluding carboxylic acids is 2. The van der Waals surface area contributed by atoms with Crippen molar-refractivity contribution in [2.75, 3.05) is 12.4 Å². The Hall–Kier alpha value is -2.65. The number of ether oxygens (including phenoxy) is 1. The number of nitrogens with one attached hydrogen (secondary N) is 1. The van der Waals surface area contributed by atoms with Crippen molar-refractivity contribution in [1.29, 1.82) is 5.26 Å². The molecule has 0 saturated heterocycles. The molecule has 0 aliphatic carbocycles. The number of esters is 1. The van der Waals surface area contributed by atoms with Gasteiger partial charge in [0.15, 0.2) is 0 Å². The van der Waals surface area contributed by atoms with Gasteiger partial charge in [-0.1, -0.05) is 6.07 Å². The molecule has 1 N–H and O–H groups in total. The highest BCUT2D eigenvalue weighted by atomic mass is 32.1. The Bertz CT molecular complexity index is 831. The van der Waals surface area contributed by atoms with Gasteiger partial charge in [0.05, 0.1) is 12.7 Å². The number of carbonyl (C=O) groups is 2. The molecule has 1 aromatic heterocycles. The maximum Gasteiger partial charge on any atom is 0.348 e. The fourth-order valence-electron chi connectivity index (χ4n) is 2.08. The fourth-order valence-corrected chi connectivity index (χ4v) is 3.15. The van der Waals surface area contributed by atoms with E-state index in [2.05, 4.69) is 5.32 Å². The lowest BCUT2D eigenvalue weighted by Gasteiger charge is -2.06. The number of nitriles is 1. The molecule has 6 heteroatoms. The summed E-state index contributed by atoms with van der Waals surface area (Å²) in [7, 11) is 1.28. The van der Waals surface area contributed by atoms with E-state index in [0.717, 1.165) is 22.5 Å². The van der Waals surface area contributed by atoms with E-state index in [0.29, 0.717) is 21.0 Å². The minimum Gasteiger partial charge on any atom is -0.465 e. The van der Waals surface area contributed by atoms with Crippen molar-refractivity contribution in [2.24, 2.45) is 0 Å². The van der Waals surface area contributed by atoms with Crippen LogP contribution in [0.25, 0.3) is 0 Å². The third kappa shape index (κ3) is 3.25. The topological polar surface area (TPSA) is 79.2 Å². The summed E-state index contributed by atoms with van der Waals surface area (Å²) in [5, 5.41) is 12.4. The molecular formula is C17H16N2O3S. The van der Waals surface area contributed by atoms with E-state index in [9.17, 15) is 14.9 Å². The smallest absolute Gasteiger partial charge is 0.348 e. The summed E-state index contributed by atoms with van der Waals surface area (Å²) < 4.78 is 4.70. The highest BCUT2D eigenvalue weighted by Gasteiger charge is 2.22. The summed E-state index contributed by atoms with van der Waals surface area (Å²) in [5.41, 5.74) is 3.41. The van der Waals surface area contributed by atoms with Crippen molar-refractivity contribution in [1.82, 2.24) is 0 Å². The molecule has 1 aromatic carbocycles. The lowest BCUT2D eigenvalue weighted by Crippen LogP contribution is -2.12. The summed E-state index contributed by atoms with van der Waals surface area (Å²) in [5.74, 6) is -0.835. The normalized spacial score (nSPS) is 10.0. The van der Waals surface area contributed by atoms with E-state index >= 15 is 0 Å². The third-order valence-electron chi connectivity index (χ3n) is 3.63. The molecule has 0 bridgehead atoms. The predicted molar refractivity (Wildman–Crippen MR) is 89.0 cm³/mol. The largest absolute Gasteiger partial charge is 0.465 e. The molecule has 0 spiro atoms. The van der Waals surface area contributed by atoms with E-state index in [1.165, 1.54) is 7.11 Å². The number of aryl methyl sites for hydroxylation is 2. The van der Waals surface area contributed by atoms with Crippen molar-refractivity contribution in [2.45, 2.75) is 20.8 Å². The van der Waals surface area contributed by atoms with Crippen molar-refractivity contribution in [3.8, 4) is 6.07 Å². The van der Waals surface area contributed by atoms with E-state index in [1.54, 1.807) is 19.1 Å². The van der Waals surface area contributed by atoms with Gasteiger partial charge in [0.1, 0.15) is 15.9 Å². The molecule has 0 atom stereocenters. The van der Waals surface area contributed by atoms with Crippen LogP contribution in [0, 0.1) is 32.1 Å². The molecule has 2 rings (SSSR count). The second-order valence-corrected chi connectivity index (χ2v) is 6.14. The second kappa shape index (κ2) is 6.63. The first-order chi connectivity index (χ1) is 10.9. The first-order valence-electron chi connectivity index (χ1n) is 6.89. The highest BCUT2D eigenvalue weighted by Crippen LogP contribution is 2.33. The van der Waals surface area contributed by atoms with E-state index in [1.807, 2.05) is 26.0 Å². The van der Waals surface area contributed by atoms with Crippen molar-refractivity contribution < 1.29 is 14.3 Å². The Morgan fingerprint density at radius 3 is 2.48 bits per heavy atom. The molecule has 0 unspecified atom stereocenters. The molecule has 0 saturated carbocycles. The molecule has 5 nitrogen and oxygen atoms in total. The Kier molecular flexibility index (Phi) is 4.82. The Balaban J connectivity index is 2.36. The van der Waals surface area contributed by atoms with Crippen LogP contribution in [0.15, 0.2) is 18.2 Å². The number of nitrogens with zero attached hydrogens (tertiary/aromatic N) is 1. The Labute approximate surface area is 138 Å². The van der Waals surface area contributed by atoms with E-state index in [4.69, 9.17) is 4.74 Å². The lowest BCUT2D eigenvalue weighted by molar-refractivity contribution is 0.0605. The van der Waals surface area contributed by atoms with Gasteiger partial charge < -0.3 is 10.1 Å². The average molecular weight is 328 g/mol. The minimum atomic E-state index is -0.518. The van der Waals surface area contributed by atoms with Gasteiger partial charge in [-0.05, 0) is 49.6 Å². The first kappa shape index (κ1) is 16.7. The molecule has 0 aliphatic heterocycles. The quantitative estimate of drug-likeness (QED) is 0.873. The summed E-state index contributed by atoms with van der Waals surface area (Å²) in [6.07, 6.45) is 0. The molecule has 1 heterocycles. The predicted octanol–water partition coefficient (Wildman–Crippen LogP) is 3.58. The molecule has 0 aliphatic rings. The zero-order chi connectivity index (χ0) is 17.1. The van der Waals surface area contributed by atoms with Gasteiger partial charge in [-0.3, -0.25) is 4.79 Å². The molecule has 118 valence electrons. The number of hydrogen-bond acceptors (Lipinski definition) is 5. The number of amides is 1. The number of hydrogen-bond donors (Lipinski definition) is 1. The lowest BCUT2D eigenvalue weighted by atomic mass is 10.1. The highest BCUT2D eigenvalue weighted by molar-refractivity contribution is 7.18. The van der Waals surface area contributed by atoms with Gasteiger partial charge in [0.25, 0.3) is 5.91 Å². The third-order valence-corrected chi connectivity index (χ3v) is 4.81. The average Bonchev–Trinajstić information content (AvgIpc) is 2.84. The van der Waals surface area contributed by atoms with Crippen LogP contribution in [-0.4, -0.2) is 19.0 Å². The fraction of sp³-hybridized carbons (Fsp3) is 0.235. The van der Waals surface area contributed by atoms with Gasteiger partial charge in [-0.15, -0.1) is 11.3 Å². The number of methoxy groups -OCH3 is 1.